The number of rotatable bonds is 10. The fourth-order valence-electron chi connectivity index (χ4n) is 2.48. The minimum absolute atomic E-state index is 0.135. The highest BCUT2D eigenvalue weighted by Crippen LogP contribution is 2.36. The molecule has 0 atom stereocenters. The predicted molar refractivity (Wildman–Crippen MR) is 111 cm³/mol. The molecule has 0 spiro atoms. The normalized spacial score (nSPS) is 11.0. The van der Waals surface area contributed by atoms with Crippen molar-refractivity contribution in [3.05, 3.63) is 44.9 Å². The summed E-state index contributed by atoms with van der Waals surface area (Å²) in [6.45, 7) is 5.02. The maximum Gasteiger partial charge on any atom is 0.243 e. The third-order valence-electron chi connectivity index (χ3n) is 3.75. The molecule has 2 aromatic rings. The zero-order valence-electron chi connectivity index (χ0n) is 15.9. The van der Waals surface area contributed by atoms with Crippen molar-refractivity contribution in [2.24, 2.45) is 0 Å². The molecule has 1 aromatic carbocycles. The van der Waals surface area contributed by atoms with Crippen LogP contribution >= 0.6 is 22.9 Å². The van der Waals surface area contributed by atoms with Gasteiger partial charge in [-0.3, -0.25) is 4.79 Å². The Bertz CT molecular complexity index is 790. The van der Waals surface area contributed by atoms with Crippen molar-refractivity contribution in [1.29, 1.82) is 0 Å². The van der Waals surface area contributed by atoms with Crippen LogP contribution in [0, 0.1) is 6.92 Å². The summed E-state index contributed by atoms with van der Waals surface area (Å²) < 4.78 is 10.8. The van der Waals surface area contributed by atoms with Gasteiger partial charge in [0.15, 0.2) is 11.5 Å². The number of benzene rings is 1. The number of hydrogen-bond acceptors (Lipinski definition) is 5. The van der Waals surface area contributed by atoms with Gasteiger partial charge in [0.25, 0.3) is 0 Å². The first kappa shape index (κ1) is 21.3. The van der Waals surface area contributed by atoms with Gasteiger partial charge >= 0.3 is 0 Å². The van der Waals surface area contributed by atoms with E-state index in [1.54, 1.807) is 36.7 Å². The van der Waals surface area contributed by atoms with Gasteiger partial charge in [-0.2, -0.15) is 0 Å². The lowest BCUT2D eigenvalue weighted by molar-refractivity contribution is -0.116. The van der Waals surface area contributed by atoms with Crippen molar-refractivity contribution in [2.75, 3.05) is 20.3 Å². The van der Waals surface area contributed by atoms with E-state index in [1.165, 1.54) is 6.08 Å². The number of carbonyl (C=O) groups excluding carboxylic acids is 1. The van der Waals surface area contributed by atoms with E-state index in [0.717, 1.165) is 35.5 Å². The fourth-order valence-corrected chi connectivity index (χ4v) is 3.57. The van der Waals surface area contributed by atoms with Crippen LogP contribution in [0.1, 0.15) is 36.0 Å². The number of nitrogens with zero attached hydrogens (tertiary/aromatic N) is 1. The van der Waals surface area contributed by atoms with Crippen molar-refractivity contribution < 1.29 is 14.3 Å². The second-order valence-electron chi connectivity index (χ2n) is 5.93. The summed E-state index contributed by atoms with van der Waals surface area (Å²) in [6.07, 6.45) is 6.08. The van der Waals surface area contributed by atoms with Crippen LogP contribution in [-0.2, 0) is 11.2 Å². The van der Waals surface area contributed by atoms with Gasteiger partial charge in [-0.05, 0) is 56.9 Å². The van der Waals surface area contributed by atoms with Crippen LogP contribution in [0.15, 0.2) is 23.6 Å². The molecule has 146 valence electrons. The van der Waals surface area contributed by atoms with Crippen molar-refractivity contribution >= 4 is 34.9 Å². The van der Waals surface area contributed by atoms with Crippen LogP contribution in [0.5, 0.6) is 11.5 Å². The topological polar surface area (TPSA) is 60.5 Å². The van der Waals surface area contributed by atoms with E-state index in [4.69, 9.17) is 21.1 Å². The number of thiazole rings is 1. The van der Waals surface area contributed by atoms with Crippen LogP contribution in [0.3, 0.4) is 0 Å². The highest BCUT2D eigenvalue weighted by atomic mass is 35.5. The molecule has 0 saturated carbocycles. The molecule has 1 amide bonds. The van der Waals surface area contributed by atoms with E-state index < -0.39 is 0 Å². The predicted octanol–water partition coefficient (Wildman–Crippen LogP) is 4.66. The molecule has 0 radical (unpaired) electrons. The quantitative estimate of drug-likeness (QED) is 0.458. The lowest BCUT2D eigenvalue weighted by Gasteiger charge is -2.11. The molecule has 0 aliphatic carbocycles. The second kappa shape index (κ2) is 10.9. The van der Waals surface area contributed by atoms with E-state index in [9.17, 15) is 4.79 Å². The average molecular weight is 409 g/mol. The zero-order chi connectivity index (χ0) is 19.6. The van der Waals surface area contributed by atoms with Crippen molar-refractivity contribution in [1.82, 2.24) is 10.3 Å². The number of amides is 1. The monoisotopic (exact) mass is 408 g/mol. The SMILES string of the molecule is CCOc1c(Cl)cc(/C=C/C(=O)NCCCCc2nc(C)cs2)cc1OC. The van der Waals surface area contributed by atoms with Crippen LogP contribution in [-0.4, -0.2) is 31.2 Å². The molecule has 0 unspecified atom stereocenters. The molecule has 0 bridgehead atoms. The lowest BCUT2D eigenvalue weighted by atomic mass is 10.2. The molecular formula is C20H25ClN2O3S. The van der Waals surface area contributed by atoms with Crippen LogP contribution in [0.25, 0.3) is 6.08 Å². The number of carbonyl (C=O) groups is 1. The molecule has 0 aliphatic heterocycles. The Morgan fingerprint density at radius 3 is 2.85 bits per heavy atom. The second-order valence-corrected chi connectivity index (χ2v) is 7.28. The molecule has 7 heteroatoms. The molecule has 27 heavy (non-hydrogen) atoms. The largest absolute Gasteiger partial charge is 0.493 e. The van der Waals surface area contributed by atoms with Crippen LogP contribution < -0.4 is 14.8 Å². The van der Waals surface area contributed by atoms with Gasteiger partial charge in [-0.15, -0.1) is 11.3 Å². The Hall–Kier alpha value is -2.05. The molecule has 1 aromatic heterocycles. The summed E-state index contributed by atoms with van der Waals surface area (Å²) in [5.74, 6) is 0.921. The minimum Gasteiger partial charge on any atom is -0.493 e. The maximum absolute atomic E-state index is 12.0. The summed E-state index contributed by atoms with van der Waals surface area (Å²) in [4.78, 5) is 16.4. The van der Waals surface area contributed by atoms with Gasteiger partial charge in [0.2, 0.25) is 5.91 Å². The Balaban J connectivity index is 1.79. The molecule has 1 N–H and O–H groups in total. The van der Waals surface area contributed by atoms with E-state index in [0.29, 0.717) is 29.7 Å². The Labute approximate surface area is 169 Å². The third-order valence-corrected chi connectivity index (χ3v) is 5.06. The number of ether oxygens (including phenoxy) is 2. The molecular weight excluding hydrogens is 384 g/mol. The highest BCUT2D eigenvalue weighted by molar-refractivity contribution is 7.09. The maximum atomic E-state index is 12.0. The Morgan fingerprint density at radius 1 is 1.37 bits per heavy atom. The number of nitrogens with one attached hydrogen (secondary N) is 1. The van der Waals surface area contributed by atoms with Crippen molar-refractivity contribution in [3.63, 3.8) is 0 Å². The number of hydrogen-bond donors (Lipinski definition) is 1. The summed E-state index contributed by atoms with van der Waals surface area (Å²) in [6, 6.07) is 3.53. The minimum atomic E-state index is -0.135. The third kappa shape index (κ3) is 6.88. The van der Waals surface area contributed by atoms with Gasteiger partial charge in [-0.1, -0.05) is 11.6 Å². The lowest BCUT2D eigenvalue weighted by Crippen LogP contribution is -2.22. The zero-order valence-corrected chi connectivity index (χ0v) is 17.5. The molecule has 1 heterocycles. The Kier molecular flexibility index (Phi) is 8.61. The molecule has 2 rings (SSSR count). The summed E-state index contributed by atoms with van der Waals surface area (Å²) in [5, 5.41) is 6.55. The van der Waals surface area contributed by atoms with Crippen molar-refractivity contribution in [2.45, 2.75) is 33.1 Å². The first-order valence-corrected chi connectivity index (χ1v) is 10.2. The van der Waals surface area contributed by atoms with E-state index in [-0.39, 0.29) is 5.91 Å². The number of aryl methyl sites for hydroxylation is 2. The van der Waals surface area contributed by atoms with E-state index in [2.05, 4.69) is 15.7 Å². The molecule has 0 aliphatic rings. The number of aromatic nitrogens is 1. The van der Waals surface area contributed by atoms with Gasteiger partial charge in [0.1, 0.15) is 0 Å². The fraction of sp³-hybridized carbons (Fsp3) is 0.400. The molecule has 0 saturated heterocycles. The van der Waals surface area contributed by atoms with E-state index in [1.807, 2.05) is 13.8 Å². The number of halogens is 1. The number of methoxy groups -OCH3 is 1. The highest BCUT2D eigenvalue weighted by Gasteiger charge is 2.10. The van der Waals surface area contributed by atoms with Gasteiger partial charge in [0, 0.05) is 23.7 Å². The first-order valence-electron chi connectivity index (χ1n) is 8.90. The van der Waals surface area contributed by atoms with Gasteiger partial charge in [0.05, 0.1) is 23.7 Å². The first-order chi connectivity index (χ1) is 13.0. The summed E-state index contributed by atoms with van der Waals surface area (Å²) >= 11 is 7.92. The Morgan fingerprint density at radius 2 is 2.19 bits per heavy atom. The summed E-state index contributed by atoms with van der Waals surface area (Å²) in [7, 11) is 1.56. The van der Waals surface area contributed by atoms with Crippen molar-refractivity contribution in [3.8, 4) is 11.5 Å². The average Bonchev–Trinajstić information content (AvgIpc) is 3.06. The standard InChI is InChI=1S/C20H25ClN2O3S/c1-4-26-20-16(21)11-15(12-17(20)25-3)8-9-18(24)22-10-6-5-7-19-23-14(2)13-27-19/h8-9,11-13H,4-7,10H2,1-3H3,(H,22,24)/b9-8+. The summed E-state index contributed by atoms with van der Waals surface area (Å²) in [5.41, 5.74) is 1.84. The van der Waals surface area contributed by atoms with E-state index >= 15 is 0 Å². The molecule has 0 fully saturated rings. The number of unbranched alkanes of at least 4 members (excludes halogenated alkanes) is 1. The molecule has 5 nitrogen and oxygen atoms in total. The van der Waals surface area contributed by atoms with Gasteiger partial charge < -0.3 is 14.8 Å². The van der Waals surface area contributed by atoms with Crippen LogP contribution in [0.4, 0.5) is 0 Å². The smallest absolute Gasteiger partial charge is 0.243 e. The van der Waals surface area contributed by atoms with Crippen LogP contribution in [0.2, 0.25) is 5.02 Å². The van der Waals surface area contributed by atoms with Gasteiger partial charge in [-0.25, -0.2) is 4.98 Å².